The van der Waals surface area contributed by atoms with Crippen molar-refractivity contribution >= 4 is 0 Å². The highest BCUT2D eigenvalue weighted by atomic mass is 19.4. The van der Waals surface area contributed by atoms with Crippen molar-refractivity contribution in [3.63, 3.8) is 0 Å². The molecule has 0 saturated heterocycles. The van der Waals surface area contributed by atoms with E-state index >= 15 is 0 Å². The number of ether oxygens (including phenoxy) is 1. The summed E-state index contributed by atoms with van der Waals surface area (Å²) in [5.41, 5.74) is -0.509. The molecule has 1 N–H and O–H groups in total. The molecule has 14 heavy (non-hydrogen) atoms. The van der Waals surface area contributed by atoms with Gasteiger partial charge < -0.3 is 9.84 Å². The van der Waals surface area contributed by atoms with Gasteiger partial charge in [0.2, 0.25) is 0 Å². The SMILES string of the molecule is CCC1(C)C(O)CC1OCC(F)(F)F. The molecular weight excluding hydrogens is 197 g/mol. The van der Waals surface area contributed by atoms with Crippen molar-refractivity contribution in [2.45, 2.75) is 45.1 Å². The van der Waals surface area contributed by atoms with E-state index < -0.39 is 30.4 Å². The average Bonchev–Trinajstić information content (AvgIpc) is 2.08. The van der Waals surface area contributed by atoms with Crippen LogP contribution in [0.5, 0.6) is 0 Å². The maximum atomic E-state index is 11.8. The first kappa shape index (κ1) is 11.8. The van der Waals surface area contributed by atoms with Crippen LogP contribution >= 0.6 is 0 Å². The van der Waals surface area contributed by atoms with Crippen LogP contribution in [0.2, 0.25) is 0 Å². The van der Waals surface area contributed by atoms with Crippen LogP contribution < -0.4 is 0 Å². The van der Waals surface area contributed by atoms with E-state index in [9.17, 15) is 18.3 Å². The zero-order valence-electron chi connectivity index (χ0n) is 8.27. The van der Waals surface area contributed by atoms with Crippen molar-refractivity contribution < 1.29 is 23.0 Å². The van der Waals surface area contributed by atoms with Crippen LogP contribution in [-0.4, -0.2) is 30.1 Å². The van der Waals surface area contributed by atoms with Crippen LogP contribution in [0.4, 0.5) is 13.2 Å². The van der Waals surface area contributed by atoms with Crippen LogP contribution in [0.25, 0.3) is 0 Å². The standard InChI is InChI=1S/C9H15F3O2/c1-3-8(2)6(13)4-7(8)14-5-9(10,11)12/h6-7,13H,3-5H2,1-2H3. The van der Waals surface area contributed by atoms with Gasteiger partial charge in [-0.05, 0) is 6.42 Å². The molecule has 0 aromatic carbocycles. The van der Waals surface area contributed by atoms with Gasteiger partial charge in [-0.2, -0.15) is 13.2 Å². The lowest BCUT2D eigenvalue weighted by Crippen LogP contribution is -2.56. The number of hydrogen-bond acceptors (Lipinski definition) is 2. The van der Waals surface area contributed by atoms with E-state index in [1.54, 1.807) is 6.92 Å². The van der Waals surface area contributed by atoms with Gasteiger partial charge in [-0.1, -0.05) is 13.8 Å². The molecule has 1 aliphatic carbocycles. The van der Waals surface area contributed by atoms with E-state index in [1.165, 1.54) is 0 Å². The minimum atomic E-state index is -4.28. The quantitative estimate of drug-likeness (QED) is 0.776. The molecule has 1 rings (SSSR count). The van der Waals surface area contributed by atoms with E-state index in [-0.39, 0.29) is 0 Å². The van der Waals surface area contributed by atoms with Crippen LogP contribution in [-0.2, 0) is 4.74 Å². The first-order chi connectivity index (χ1) is 6.29. The van der Waals surface area contributed by atoms with Crippen LogP contribution in [0.1, 0.15) is 26.7 Å². The highest BCUT2D eigenvalue weighted by molar-refractivity contribution is 5.00. The number of alkyl halides is 3. The fourth-order valence-corrected chi connectivity index (χ4v) is 1.71. The van der Waals surface area contributed by atoms with Crippen molar-refractivity contribution in [3.8, 4) is 0 Å². The van der Waals surface area contributed by atoms with Crippen molar-refractivity contribution in [1.82, 2.24) is 0 Å². The molecule has 84 valence electrons. The second-order valence-electron chi connectivity index (χ2n) is 4.03. The number of aliphatic hydroxyl groups is 1. The molecule has 3 atom stereocenters. The van der Waals surface area contributed by atoms with Gasteiger partial charge in [0, 0.05) is 11.8 Å². The Morgan fingerprint density at radius 2 is 2.07 bits per heavy atom. The Kier molecular flexibility index (Phi) is 3.11. The zero-order valence-corrected chi connectivity index (χ0v) is 8.27. The predicted octanol–water partition coefficient (Wildman–Crippen LogP) is 2.11. The maximum Gasteiger partial charge on any atom is 0.411 e. The van der Waals surface area contributed by atoms with E-state index in [4.69, 9.17) is 4.74 Å². The molecule has 1 aliphatic rings. The Morgan fingerprint density at radius 1 is 1.50 bits per heavy atom. The fourth-order valence-electron chi connectivity index (χ4n) is 1.71. The lowest BCUT2D eigenvalue weighted by molar-refractivity contribution is -0.240. The fraction of sp³-hybridized carbons (Fsp3) is 1.00. The van der Waals surface area contributed by atoms with Crippen LogP contribution in [0, 0.1) is 5.41 Å². The first-order valence-electron chi connectivity index (χ1n) is 4.66. The van der Waals surface area contributed by atoms with Crippen LogP contribution in [0.3, 0.4) is 0 Å². The lowest BCUT2D eigenvalue weighted by Gasteiger charge is -2.50. The Morgan fingerprint density at radius 3 is 2.43 bits per heavy atom. The van der Waals surface area contributed by atoms with E-state index in [2.05, 4.69) is 0 Å². The summed E-state index contributed by atoms with van der Waals surface area (Å²) in [6.45, 7) is 2.37. The summed E-state index contributed by atoms with van der Waals surface area (Å²) in [4.78, 5) is 0. The molecule has 1 fully saturated rings. The number of rotatable bonds is 3. The summed E-state index contributed by atoms with van der Waals surface area (Å²) >= 11 is 0. The summed E-state index contributed by atoms with van der Waals surface area (Å²) < 4.78 is 40.3. The molecule has 0 radical (unpaired) electrons. The van der Waals surface area contributed by atoms with Gasteiger partial charge >= 0.3 is 6.18 Å². The van der Waals surface area contributed by atoms with Gasteiger partial charge in [0.05, 0.1) is 12.2 Å². The normalized spacial score (nSPS) is 38.1. The molecule has 0 aliphatic heterocycles. The Bertz CT molecular complexity index is 205. The predicted molar refractivity (Wildman–Crippen MR) is 44.8 cm³/mol. The summed E-state index contributed by atoms with van der Waals surface area (Å²) in [7, 11) is 0. The van der Waals surface area contributed by atoms with E-state index in [0.29, 0.717) is 12.8 Å². The maximum absolute atomic E-state index is 11.8. The summed E-state index contributed by atoms with van der Waals surface area (Å²) in [5.74, 6) is 0. The third kappa shape index (κ3) is 2.20. The van der Waals surface area contributed by atoms with Gasteiger partial charge in [-0.15, -0.1) is 0 Å². The molecule has 2 nitrogen and oxygen atoms in total. The van der Waals surface area contributed by atoms with E-state index in [1.807, 2.05) is 6.92 Å². The minimum Gasteiger partial charge on any atom is -0.392 e. The third-order valence-electron chi connectivity index (χ3n) is 3.14. The smallest absolute Gasteiger partial charge is 0.392 e. The van der Waals surface area contributed by atoms with Crippen LogP contribution in [0.15, 0.2) is 0 Å². The molecule has 0 bridgehead atoms. The Hall–Kier alpha value is -0.290. The van der Waals surface area contributed by atoms with Crippen molar-refractivity contribution in [2.75, 3.05) is 6.61 Å². The number of hydrogen-bond donors (Lipinski definition) is 1. The third-order valence-corrected chi connectivity index (χ3v) is 3.14. The molecule has 0 aromatic heterocycles. The zero-order chi connectivity index (χ0) is 11.0. The van der Waals surface area contributed by atoms with Gasteiger partial charge in [0.15, 0.2) is 0 Å². The molecule has 1 saturated carbocycles. The van der Waals surface area contributed by atoms with Gasteiger partial charge in [0.1, 0.15) is 6.61 Å². The van der Waals surface area contributed by atoms with Crippen molar-refractivity contribution in [2.24, 2.45) is 5.41 Å². The first-order valence-corrected chi connectivity index (χ1v) is 4.66. The second kappa shape index (κ2) is 3.70. The van der Waals surface area contributed by atoms with Gasteiger partial charge in [-0.25, -0.2) is 0 Å². The summed E-state index contributed by atoms with van der Waals surface area (Å²) in [6, 6.07) is 0. The number of halogens is 3. The Labute approximate surface area is 81.1 Å². The van der Waals surface area contributed by atoms with Gasteiger partial charge in [0.25, 0.3) is 0 Å². The highest BCUT2D eigenvalue weighted by Gasteiger charge is 2.51. The number of aliphatic hydroxyl groups excluding tert-OH is 1. The molecule has 5 heteroatoms. The second-order valence-corrected chi connectivity index (χ2v) is 4.03. The van der Waals surface area contributed by atoms with Crippen molar-refractivity contribution in [3.05, 3.63) is 0 Å². The molecular formula is C9H15F3O2. The molecule has 0 spiro atoms. The van der Waals surface area contributed by atoms with E-state index in [0.717, 1.165) is 0 Å². The molecule has 0 aromatic rings. The highest BCUT2D eigenvalue weighted by Crippen LogP contribution is 2.46. The van der Waals surface area contributed by atoms with Gasteiger partial charge in [-0.3, -0.25) is 0 Å². The monoisotopic (exact) mass is 212 g/mol. The Balaban J connectivity index is 2.41. The minimum absolute atomic E-state index is 0.306. The summed E-state index contributed by atoms with van der Waals surface area (Å²) in [6.07, 6.45) is -4.36. The summed E-state index contributed by atoms with van der Waals surface area (Å²) in [5, 5.41) is 9.41. The largest absolute Gasteiger partial charge is 0.411 e. The van der Waals surface area contributed by atoms with Crippen molar-refractivity contribution in [1.29, 1.82) is 0 Å². The molecule has 3 unspecified atom stereocenters. The average molecular weight is 212 g/mol. The topological polar surface area (TPSA) is 29.5 Å². The molecule has 0 amide bonds. The molecule has 0 heterocycles. The lowest BCUT2D eigenvalue weighted by atomic mass is 9.63.